The molecule has 8 nitrogen and oxygen atoms in total. The fraction of sp³-hybridized carbons (Fsp3) is 0.294. The van der Waals surface area contributed by atoms with Crippen molar-refractivity contribution in [3.63, 3.8) is 0 Å². The van der Waals surface area contributed by atoms with Crippen molar-refractivity contribution in [3.05, 3.63) is 132 Å². The predicted octanol–water partition coefficient (Wildman–Crippen LogP) is 5.46. The minimum Gasteiger partial charge on any atom is -0.382 e. The largest absolute Gasteiger partial charge is 0.382 e. The van der Waals surface area contributed by atoms with Gasteiger partial charge in [0.25, 0.3) is 0 Å². The molecule has 5 aromatic rings. The Balaban J connectivity index is 1.31. The minimum atomic E-state index is -0.995. The van der Waals surface area contributed by atoms with Gasteiger partial charge in [-0.2, -0.15) is 5.10 Å². The van der Waals surface area contributed by atoms with Crippen LogP contribution in [0.3, 0.4) is 0 Å². The van der Waals surface area contributed by atoms with E-state index >= 15 is 0 Å². The van der Waals surface area contributed by atoms with Crippen molar-refractivity contribution in [1.82, 2.24) is 14.6 Å². The summed E-state index contributed by atoms with van der Waals surface area (Å²) >= 11 is 0. The zero-order valence-electron chi connectivity index (χ0n) is 23.7. The number of hydrogen-bond donors (Lipinski definition) is 1. The van der Waals surface area contributed by atoms with Crippen molar-refractivity contribution in [2.75, 3.05) is 5.73 Å². The summed E-state index contributed by atoms with van der Waals surface area (Å²) in [5.41, 5.74) is 8.06. The molecule has 7 rings (SSSR count). The molecule has 2 N–H and O–H groups in total. The highest BCUT2D eigenvalue weighted by Gasteiger charge is 2.88. The Kier molecular flexibility index (Phi) is 6.59. The Bertz CT molecular complexity index is 1680. The predicted molar refractivity (Wildman–Crippen MR) is 158 cm³/mol. The summed E-state index contributed by atoms with van der Waals surface area (Å²) in [5, 5.41) is 4.54. The normalized spacial score (nSPS) is 28.1. The van der Waals surface area contributed by atoms with Crippen molar-refractivity contribution in [1.29, 1.82) is 0 Å². The molecule has 1 saturated carbocycles. The average Bonchev–Trinajstić information content (AvgIpc) is 3.29. The monoisotopic (exact) mass is 562 g/mol. The molecular formula is C34H34N4O4. The zero-order valence-corrected chi connectivity index (χ0v) is 23.7. The van der Waals surface area contributed by atoms with Crippen LogP contribution in [0.5, 0.6) is 0 Å². The third-order valence-electron chi connectivity index (χ3n) is 8.96. The van der Waals surface area contributed by atoms with Gasteiger partial charge >= 0.3 is 0 Å². The van der Waals surface area contributed by atoms with E-state index in [2.05, 4.69) is 53.4 Å². The first-order valence-corrected chi connectivity index (χ1v) is 14.2. The second-order valence-electron chi connectivity index (χ2n) is 11.3. The molecule has 8 heteroatoms. The number of aromatic nitrogens is 3. The van der Waals surface area contributed by atoms with Gasteiger partial charge in [-0.1, -0.05) is 91.0 Å². The highest BCUT2D eigenvalue weighted by atomic mass is 16.7. The maximum absolute atomic E-state index is 7.02. The number of nitrogens with two attached hydrogens (primary N) is 1. The molecule has 1 saturated heterocycles. The smallest absolute Gasteiger partial charge is 0.158 e. The van der Waals surface area contributed by atoms with Crippen LogP contribution in [-0.2, 0) is 44.4 Å². The van der Waals surface area contributed by atoms with E-state index in [1.54, 1.807) is 4.52 Å². The molecule has 2 fully saturated rings. The standard InChI is InChI=1S/C34H34N4O4/c1-32(28-19-18-27-31(35)36-23-37-38(27)28)33(2,40-21-25-14-8-4-9-15-25)34(41-22-26-16-10-5-11-17-26)29(30(34)42-32)39-20-24-12-6-3-7-13-24/h3-19,23,29-30H,20-22H2,1-2H3,(H2,35,36,37)/t29?,30-,32+,33+,34-/m1/s1. The Morgan fingerprint density at radius 2 is 1.33 bits per heavy atom. The number of ether oxygens (including phenoxy) is 4. The minimum absolute atomic E-state index is 0.346. The Hall–Kier alpha value is -4.08. The topological polar surface area (TPSA) is 93.1 Å². The van der Waals surface area contributed by atoms with Crippen molar-refractivity contribution in [3.8, 4) is 0 Å². The lowest BCUT2D eigenvalue weighted by Gasteiger charge is -2.45. The highest BCUT2D eigenvalue weighted by molar-refractivity contribution is 5.66. The van der Waals surface area contributed by atoms with Gasteiger partial charge in [-0.25, -0.2) is 9.50 Å². The summed E-state index contributed by atoms with van der Waals surface area (Å²) in [5.74, 6) is 0.397. The molecule has 3 aromatic carbocycles. The molecule has 0 bridgehead atoms. The van der Waals surface area contributed by atoms with Gasteiger partial charge < -0.3 is 24.7 Å². The van der Waals surface area contributed by atoms with Crippen LogP contribution < -0.4 is 5.73 Å². The molecule has 2 aliphatic rings. The van der Waals surface area contributed by atoms with Crippen molar-refractivity contribution in [2.45, 2.75) is 62.7 Å². The fourth-order valence-corrected chi connectivity index (χ4v) is 6.46. The van der Waals surface area contributed by atoms with E-state index in [9.17, 15) is 0 Å². The van der Waals surface area contributed by atoms with E-state index in [0.717, 1.165) is 22.4 Å². The molecule has 0 spiro atoms. The molecule has 1 aliphatic heterocycles. The van der Waals surface area contributed by atoms with Gasteiger partial charge in [-0.15, -0.1) is 0 Å². The lowest BCUT2D eigenvalue weighted by molar-refractivity contribution is -0.237. The lowest BCUT2D eigenvalue weighted by atomic mass is 9.78. The summed E-state index contributed by atoms with van der Waals surface area (Å²) < 4.78 is 29.3. The second-order valence-corrected chi connectivity index (χ2v) is 11.3. The zero-order chi connectivity index (χ0) is 28.8. The number of benzene rings is 3. The molecule has 42 heavy (non-hydrogen) atoms. The molecular weight excluding hydrogens is 528 g/mol. The van der Waals surface area contributed by atoms with E-state index in [1.165, 1.54) is 6.33 Å². The summed E-state index contributed by atoms with van der Waals surface area (Å²) in [6.07, 6.45) is 0.738. The molecule has 3 heterocycles. The molecule has 0 radical (unpaired) electrons. The summed E-state index contributed by atoms with van der Waals surface area (Å²) in [7, 11) is 0. The Labute approximate surface area is 245 Å². The van der Waals surface area contributed by atoms with Crippen LogP contribution in [0.1, 0.15) is 36.2 Å². The van der Waals surface area contributed by atoms with Crippen molar-refractivity contribution in [2.24, 2.45) is 0 Å². The second kappa shape index (κ2) is 10.3. The van der Waals surface area contributed by atoms with Crippen LogP contribution in [-0.4, -0.2) is 38.0 Å². The first-order valence-electron chi connectivity index (χ1n) is 14.2. The van der Waals surface area contributed by atoms with E-state index in [-0.39, 0.29) is 12.2 Å². The Morgan fingerprint density at radius 1 is 0.762 bits per heavy atom. The number of rotatable bonds is 10. The van der Waals surface area contributed by atoms with Crippen LogP contribution in [0.2, 0.25) is 0 Å². The summed E-state index contributed by atoms with van der Waals surface area (Å²) in [4.78, 5) is 4.18. The third kappa shape index (κ3) is 4.14. The highest BCUT2D eigenvalue weighted by Crippen LogP contribution is 2.68. The maximum atomic E-state index is 7.02. The van der Waals surface area contributed by atoms with Gasteiger partial charge in [0.1, 0.15) is 35.3 Å². The van der Waals surface area contributed by atoms with Gasteiger partial charge in [-0.05, 0) is 42.7 Å². The van der Waals surface area contributed by atoms with E-state index < -0.39 is 16.8 Å². The molecule has 214 valence electrons. The lowest BCUT2D eigenvalue weighted by Crippen LogP contribution is -2.59. The van der Waals surface area contributed by atoms with E-state index in [4.69, 9.17) is 24.7 Å². The molecule has 1 unspecified atom stereocenters. The molecule has 2 aromatic heterocycles. The Morgan fingerprint density at radius 3 is 1.95 bits per heavy atom. The van der Waals surface area contributed by atoms with Gasteiger partial charge in [0.05, 0.1) is 25.5 Å². The summed E-state index contributed by atoms with van der Waals surface area (Å²) in [6, 6.07) is 34.3. The fourth-order valence-electron chi connectivity index (χ4n) is 6.46. The van der Waals surface area contributed by atoms with E-state index in [0.29, 0.717) is 31.2 Å². The average molecular weight is 563 g/mol. The molecule has 5 atom stereocenters. The number of nitrogen functional groups attached to an aromatic ring is 1. The SMILES string of the molecule is C[C@]1(OCc2ccccc2)[C@](C)(c2ccc3c(N)ncnn23)O[C@@H]2C(OCc3ccccc3)[C@@]21OCc1ccccc1. The van der Waals surface area contributed by atoms with Gasteiger partial charge in [0, 0.05) is 0 Å². The van der Waals surface area contributed by atoms with Crippen molar-refractivity contribution < 1.29 is 18.9 Å². The number of anilines is 1. The van der Waals surface area contributed by atoms with Crippen LogP contribution in [0.15, 0.2) is 109 Å². The number of fused-ring (bicyclic) bond motifs is 2. The van der Waals surface area contributed by atoms with Gasteiger partial charge in [0.2, 0.25) is 0 Å². The number of hydrogen-bond acceptors (Lipinski definition) is 7. The van der Waals surface area contributed by atoms with Crippen LogP contribution in [0.4, 0.5) is 5.82 Å². The molecule has 0 amide bonds. The van der Waals surface area contributed by atoms with Crippen molar-refractivity contribution >= 4 is 11.3 Å². The van der Waals surface area contributed by atoms with Crippen LogP contribution in [0.25, 0.3) is 5.52 Å². The first kappa shape index (κ1) is 26.8. The van der Waals surface area contributed by atoms with Gasteiger partial charge in [-0.3, -0.25) is 0 Å². The third-order valence-corrected chi connectivity index (χ3v) is 8.96. The quantitative estimate of drug-likeness (QED) is 0.242. The van der Waals surface area contributed by atoms with Gasteiger partial charge in [0.15, 0.2) is 11.4 Å². The summed E-state index contributed by atoms with van der Waals surface area (Å²) in [6.45, 7) is 5.32. The first-order chi connectivity index (χ1) is 20.5. The maximum Gasteiger partial charge on any atom is 0.158 e. The van der Waals surface area contributed by atoms with Crippen LogP contribution >= 0.6 is 0 Å². The van der Waals surface area contributed by atoms with Crippen LogP contribution in [0, 0.1) is 0 Å². The number of nitrogens with zero attached hydrogens (tertiary/aromatic N) is 3. The van der Waals surface area contributed by atoms with E-state index in [1.807, 2.05) is 73.7 Å². The molecule has 1 aliphatic carbocycles.